The maximum Gasteiger partial charge on any atom is 0.339 e. The first-order chi connectivity index (χ1) is 14.1. The minimum absolute atomic E-state index is 0.132. The second-order valence-corrected chi connectivity index (χ2v) is 7.63. The second kappa shape index (κ2) is 8.21. The minimum Gasteiger partial charge on any atom is -0.497 e. The Morgan fingerprint density at radius 2 is 1.86 bits per heavy atom. The molecule has 4 atom stereocenters. The first kappa shape index (κ1) is 19.4. The monoisotopic (exact) mass is 392 g/mol. The Labute approximate surface area is 170 Å². The highest BCUT2D eigenvalue weighted by molar-refractivity contribution is 5.91. The minimum atomic E-state index is -1.13. The summed E-state index contributed by atoms with van der Waals surface area (Å²) in [7, 11) is 1.57. The van der Waals surface area contributed by atoms with E-state index < -0.39 is 11.6 Å². The number of hydrogen-bond acceptors (Lipinski definition) is 5. The van der Waals surface area contributed by atoms with Gasteiger partial charge in [0.1, 0.15) is 5.75 Å². The van der Waals surface area contributed by atoms with Crippen molar-refractivity contribution >= 4 is 12.3 Å². The predicted molar refractivity (Wildman–Crippen MR) is 108 cm³/mol. The number of rotatable bonds is 8. The van der Waals surface area contributed by atoms with Gasteiger partial charge in [-0.1, -0.05) is 42.5 Å². The topological polar surface area (TPSA) is 61.8 Å². The molecule has 1 unspecified atom stereocenters. The standard InChI is InChI=1S/C24H24O5/c1-27-20-10-7-18(8-11-20)23(26)29-24(16-25)13-19-9-12-22(24)21(19)15-28-14-17-5-3-2-4-6-17/h2-12,16,19,21-22H,13-15H2,1H3/t19-,21?,22-,24-/m1/s1. The Morgan fingerprint density at radius 3 is 2.55 bits per heavy atom. The van der Waals surface area contributed by atoms with Crippen molar-refractivity contribution in [3.63, 3.8) is 0 Å². The average molecular weight is 392 g/mol. The van der Waals surface area contributed by atoms with E-state index in [-0.39, 0.29) is 17.8 Å². The van der Waals surface area contributed by atoms with Crippen molar-refractivity contribution in [3.05, 3.63) is 77.9 Å². The molecule has 1 saturated carbocycles. The SMILES string of the molecule is COc1ccc(C(=O)O[C@@]2(C=O)C[C@H]3C=C[C@@H]2C3COCc2ccccc2)cc1. The first-order valence-electron chi connectivity index (χ1n) is 9.79. The highest BCUT2D eigenvalue weighted by atomic mass is 16.6. The summed E-state index contributed by atoms with van der Waals surface area (Å²) >= 11 is 0. The number of carbonyl (C=O) groups excluding carboxylic acids is 2. The fourth-order valence-electron chi connectivity index (χ4n) is 4.40. The maximum absolute atomic E-state index is 12.7. The van der Waals surface area contributed by atoms with Gasteiger partial charge in [-0.15, -0.1) is 0 Å². The molecule has 0 aromatic heterocycles. The van der Waals surface area contributed by atoms with Gasteiger partial charge in [-0.3, -0.25) is 4.79 Å². The van der Waals surface area contributed by atoms with E-state index in [2.05, 4.69) is 6.08 Å². The summed E-state index contributed by atoms with van der Waals surface area (Å²) in [6, 6.07) is 16.7. The van der Waals surface area contributed by atoms with Crippen LogP contribution in [-0.2, 0) is 20.9 Å². The van der Waals surface area contributed by atoms with Crippen molar-refractivity contribution in [1.29, 1.82) is 0 Å². The van der Waals surface area contributed by atoms with Crippen LogP contribution in [0.25, 0.3) is 0 Å². The fourth-order valence-corrected chi connectivity index (χ4v) is 4.40. The molecule has 2 aliphatic carbocycles. The molecule has 29 heavy (non-hydrogen) atoms. The van der Waals surface area contributed by atoms with Crippen molar-refractivity contribution < 1.29 is 23.8 Å². The van der Waals surface area contributed by atoms with Gasteiger partial charge in [-0.25, -0.2) is 4.79 Å². The van der Waals surface area contributed by atoms with Crippen LogP contribution in [-0.4, -0.2) is 31.6 Å². The zero-order valence-electron chi connectivity index (χ0n) is 16.3. The molecule has 2 aliphatic rings. The number of aldehydes is 1. The van der Waals surface area contributed by atoms with Crippen LogP contribution in [0, 0.1) is 17.8 Å². The van der Waals surface area contributed by atoms with Gasteiger partial charge in [0.15, 0.2) is 11.9 Å². The van der Waals surface area contributed by atoms with Gasteiger partial charge < -0.3 is 14.2 Å². The molecule has 2 aromatic rings. The smallest absolute Gasteiger partial charge is 0.339 e. The van der Waals surface area contributed by atoms with Gasteiger partial charge >= 0.3 is 5.97 Å². The second-order valence-electron chi connectivity index (χ2n) is 7.63. The predicted octanol–water partition coefficient (Wildman–Crippen LogP) is 3.83. The summed E-state index contributed by atoms with van der Waals surface area (Å²) in [5.41, 5.74) is 0.381. The van der Waals surface area contributed by atoms with Crippen molar-refractivity contribution in [2.45, 2.75) is 18.6 Å². The number of benzene rings is 2. The van der Waals surface area contributed by atoms with Crippen LogP contribution in [0.1, 0.15) is 22.3 Å². The molecule has 0 amide bonds. The molecule has 0 heterocycles. The van der Waals surface area contributed by atoms with Crippen LogP contribution in [0.2, 0.25) is 0 Å². The lowest BCUT2D eigenvalue weighted by molar-refractivity contribution is -0.128. The summed E-state index contributed by atoms with van der Waals surface area (Å²) in [5.74, 6) is 0.301. The molecule has 4 rings (SSSR count). The molecule has 0 aliphatic heterocycles. The Hall–Kier alpha value is -2.92. The molecular weight excluding hydrogens is 368 g/mol. The Morgan fingerprint density at radius 1 is 1.10 bits per heavy atom. The first-order valence-corrected chi connectivity index (χ1v) is 9.79. The molecule has 0 N–H and O–H groups in total. The van der Waals surface area contributed by atoms with E-state index in [1.54, 1.807) is 31.4 Å². The van der Waals surface area contributed by atoms with E-state index in [0.717, 1.165) is 11.8 Å². The van der Waals surface area contributed by atoms with Crippen LogP contribution in [0.15, 0.2) is 66.7 Å². The molecule has 5 nitrogen and oxygen atoms in total. The number of hydrogen-bond donors (Lipinski definition) is 0. The zero-order chi connectivity index (χ0) is 20.3. The van der Waals surface area contributed by atoms with E-state index in [1.165, 1.54) is 0 Å². The van der Waals surface area contributed by atoms with E-state index in [1.807, 2.05) is 36.4 Å². The largest absolute Gasteiger partial charge is 0.497 e. The van der Waals surface area contributed by atoms with E-state index in [0.29, 0.717) is 30.9 Å². The van der Waals surface area contributed by atoms with Gasteiger partial charge in [0.2, 0.25) is 0 Å². The third-order valence-electron chi connectivity index (χ3n) is 5.93. The van der Waals surface area contributed by atoms with Gasteiger partial charge in [0, 0.05) is 12.3 Å². The Kier molecular flexibility index (Phi) is 5.49. The Bertz CT molecular complexity index is 889. The third kappa shape index (κ3) is 3.83. The molecule has 1 fully saturated rings. The van der Waals surface area contributed by atoms with Crippen molar-refractivity contribution in [2.24, 2.45) is 17.8 Å². The molecule has 2 aromatic carbocycles. The molecule has 2 bridgehead atoms. The third-order valence-corrected chi connectivity index (χ3v) is 5.93. The van der Waals surface area contributed by atoms with E-state index >= 15 is 0 Å². The van der Waals surface area contributed by atoms with Gasteiger partial charge in [0.25, 0.3) is 0 Å². The van der Waals surface area contributed by atoms with Crippen molar-refractivity contribution in [3.8, 4) is 5.75 Å². The lowest BCUT2D eigenvalue weighted by atomic mass is 9.87. The summed E-state index contributed by atoms with van der Waals surface area (Å²) in [5, 5.41) is 0. The number of allylic oxidation sites excluding steroid dienone is 1. The molecule has 0 radical (unpaired) electrons. The van der Waals surface area contributed by atoms with E-state index in [9.17, 15) is 9.59 Å². The lowest BCUT2D eigenvalue weighted by Crippen LogP contribution is -2.42. The molecule has 5 heteroatoms. The van der Waals surface area contributed by atoms with Crippen LogP contribution < -0.4 is 4.74 Å². The lowest BCUT2D eigenvalue weighted by Gasteiger charge is -2.30. The van der Waals surface area contributed by atoms with Gasteiger partial charge in [-0.05, 0) is 41.7 Å². The van der Waals surface area contributed by atoms with Crippen LogP contribution in [0.5, 0.6) is 5.75 Å². The van der Waals surface area contributed by atoms with Gasteiger partial charge in [-0.2, -0.15) is 0 Å². The summed E-state index contributed by atoms with van der Waals surface area (Å²) in [6.45, 7) is 1.05. The summed E-state index contributed by atoms with van der Waals surface area (Å²) in [4.78, 5) is 24.7. The highest BCUT2D eigenvalue weighted by Crippen LogP contribution is 2.52. The van der Waals surface area contributed by atoms with Crippen molar-refractivity contribution in [1.82, 2.24) is 0 Å². The summed E-state index contributed by atoms with van der Waals surface area (Å²) in [6.07, 6.45) is 5.41. The average Bonchev–Trinajstić information content (AvgIpc) is 3.29. The number of carbonyl (C=O) groups is 2. The Balaban J connectivity index is 1.41. The highest BCUT2D eigenvalue weighted by Gasteiger charge is 2.57. The fraction of sp³-hybridized carbons (Fsp3) is 0.333. The summed E-state index contributed by atoms with van der Waals surface area (Å²) < 4.78 is 16.8. The van der Waals surface area contributed by atoms with Crippen molar-refractivity contribution in [2.75, 3.05) is 13.7 Å². The maximum atomic E-state index is 12.7. The zero-order valence-corrected chi connectivity index (χ0v) is 16.3. The number of methoxy groups -OCH3 is 1. The normalized spacial score (nSPS) is 27.0. The molecule has 150 valence electrons. The quantitative estimate of drug-likeness (QED) is 0.388. The van der Waals surface area contributed by atoms with Crippen LogP contribution in [0.3, 0.4) is 0 Å². The van der Waals surface area contributed by atoms with Crippen LogP contribution in [0.4, 0.5) is 0 Å². The number of ether oxygens (including phenoxy) is 3. The molecule has 0 spiro atoms. The number of esters is 1. The molecular formula is C24H24O5. The van der Waals surface area contributed by atoms with Gasteiger partial charge in [0.05, 0.1) is 25.9 Å². The number of fused-ring (bicyclic) bond motifs is 2. The van der Waals surface area contributed by atoms with E-state index in [4.69, 9.17) is 14.2 Å². The van der Waals surface area contributed by atoms with Crippen LogP contribution >= 0.6 is 0 Å². The molecule has 0 saturated heterocycles.